The van der Waals surface area contributed by atoms with Gasteiger partial charge in [0.1, 0.15) is 12.0 Å². The van der Waals surface area contributed by atoms with E-state index in [0.717, 1.165) is 15.8 Å². The maximum Gasteiger partial charge on any atom is 0.437 e. The minimum Gasteiger partial charge on any atom is -0.446 e. The maximum absolute atomic E-state index is 13.2. The number of carbonyl (C=O) groups excluding carboxylic acids is 1. The molecule has 10 heteroatoms. The van der Waals surface area contributed by atoms with Crippen LogP contribution in [0.15, 0.2) is 24.9 Å². The first-order chi connectivity index (χ1) is 10.7. The molecule has 0 aliphatic rings. The predicted molar refractivity (Wildman–Crippen MR) is 74.2 cm³/mol. The molecule has 0 fully saturated rings. The van der Waals surface area contributed by atoms with Crippen molar-refractivity contribution in [2.24, 2.45) is 0 Å². The number of hydrogen-bond acceptors (Lipinski definition) is 5. The van der Waals surface area contributed by atoms with Crippen molar-refractivity contribution >= 4 is 11.8 Å². The van der Waals surface area contributed by atoms with E-state index >= 15 is 0 Å². The van der Waals surface area contributed by atoms with Crippen molar-refractivity contribution in [2.75, 3.05) is 11.9 Å². The van der Waals surface area contributed by atoms with E-state index in [2.05, 4.69) is 15.1 Å². The standard InChI is InChI=1S/C13H14F3N5O2/c1-8(2)23-12(22)20(3)10-6-21(9-4-17-7-18-5-9)19-11(10)13(14,15)16/h4-8H,1-3H3. The van der Waals surface area contributed by atoms with Crippen molar-refractivity contribution in [3.8, 4) is 5.69 Å². The number of aromatic nitrogens is 4. The molecule has 124 valence electrons. The zero-order valence-corrected chi connectivity index (χ0v) is 12.6. The zero-order valence-electron chi connectivity index (χ0n) is 12.6. The van der Waals surface area contributed by atoms with Crippen LogP contribution in [0.3, 0.4) is 0 Å². The molecule has 0 aliphatic heterocycles. The molecule has 2 aromatic rings. The maximum atomic E-state index is 13.2. The molecule has 0 saturated heterocycles. The molecular weight excluding hydrogens is 315 g/mol. The zero-order chi connectivity index (χ0) is 17.2. The smallest absolute Gasteiger partial charge is 0.437 e. The summed E-state index contributed by atoms with van der Waals surface area (Å²) in [6, 6.07) is 0. The van der Waals surface area contributed by atoms with Gasteiger partial charge in [0, 0.05) is 7.05 Å². The van der Waals surface area contributed by atoms with Crippen LogP contribution in [0.1, 0.15) is 19.5 Å². The van der Waals surface area contributed by atoms with Gasteiger partial charge in [-0.2, -0.15) is 18.3 Å². The second-order valence-electron chi connectivity index (χ2n) is 4.89. The molecule has 2 aromatic heterocycles. The Morgan fingerprint density at radius 3 is 2.43 bits per heavy atom. The van der Waals surface area contributed by atoms with Gasteiger partial charge in [0.05, 0.1) is 30.4 Å². The van der Waals surface area contributed by atoms with Gasteiger partial charge in [-0.15, -0.1) is 0 Å². The van der Waals surface area contributed by atoms with Gasteiger partial charge in [-0.25, -0.2) is 19.4 Å². The van der Waals surface area contributed by atoms with E-state index in [1.54, 1.807) is 13.8 Å². The van der Waals surface area contributed by atoms with Crippen LogP contribution in [0, 0.1) is 0 Å². The number of halogens is 3. The fraction of sp³-hybridized carbons (Fsp3) is 0.385. The summed E-state index contributed by atoms with van der Waals surface area (Å²) < 4.78 is 45.4. The molecule has 0 aromatic carbocycles. The number of amides is 1. The Morgan fingerprint density at radius 1 is 1.30 bits per heavy atom. The summed E-state index contributed by atoms with van der Waals surface area (Å²) in [4.78, 5) is 20.1. The first kappa shape index (κ1) is 16.7. The van der Waals surface area contributed by atoms with Crippen LogP contribution >= 0.6 is 0 Å². The van der Waals surface area contributed by atoms with E-state index in [1.807, 2.05) is 0 Å². The molecule has 0 atom stereocenters. The molecule has 7 nitrogen and oxygen atoms in total. The van der Waals surface area contributed by atoms with E-state index < -0.39 is 29.8 Å². The van der Waals surface area contributed by atoms with Gasteiger partial charge < -0.3 is 4.74 Å². The highest BCUT2D eigenvalue weighted by Crippen LogP contribution is 2.36. The van der Waals surface area contributed by atoms with Crippen molar-refractivity contribution in [3.05, 3.63) is 30.6 Å². The predicted octanol–water partition coefficient (Wildman–Crippen LogP) is 2.66. The summed E-state index contributed by atoms with van der Waals surface area (Å²) in [6.07, 6.45) is -1.19. The van der Waals surface area contributed by atoms with Gasteiger partial charge in [-0.1, -0.05) is 0 Å². The van der Waals surface area contributed by atoms with Gasteiger partial charge in [0.15, 0.2) is 5.69 Å². The third-order valence-corrected chi connectivity index (χ3v) is 2.75. The first-order valence-electron chi connectivity index (χ1n) is 6.56. The van der Waals surface area contributed by atoms with Crippen molar-refractivity contribution in [2.45, 2.75) is 26.1 Å². The lowest BCUT2D eigenvalue weighted by atomic mass is 10.3. The Balaban J connectivity index is 2.45. The Labute approximate surface area is 129 Å². The Kier molecular flexibility index (Phi) is 4.52. The van der Waals surface area contributed by atoms with Gasteiger partial charge in [-0.3, -0.25) is 4.90 Å². The SMILES string of the molecule is CC(C)OC(=O)N(C)c1cn(-c2cncnc2)nc1C(F)(F)F. The summed E-state index contributed by atoms with van der Waals surface area (Å²) >= 11 is 0. The van der Waals surface area contributed by atoms with E-state index in [-0.39, 0.29) is 5.69 Å². The third-order valence-electron chi connectivity index (χ3n) is 2.75. The van der Waals surface area contributed by atoms with Crippen LogP contribution in [-0.2, 0) is 10.9 Å². The highest BCUT2D eigenvalue weighted by Gasteiger charge is 2.39. The fourth-order valence-electron chi connectivity index (χ4n) is 1.73. The molecule has 0 unspecified atom stereocenters. The normalized spacial score (nSPS) is 11.6. The molecule has 0 aliphatic carbocycles. The summed E-state index contributed by atoms with van der Waals surface area (Å²) in [7, 11) is 1.18. The van der Waals surface area contributed by atoms with E-state index in [4.69, 9.17) is 4.74 Å². The number of rotatable bonds is 3. The number of carbonyl (C=O) groups is 1. The molecule has 0 bridgehead atoms. The number of hydrogen-bond donors (Lipinski definition) is 0. The Hall–Kier alpha value is -2.65. The number of ether oxygens (including phenoxy) is 1. The molecule has 2 heterocycles. The lowest BCUT2D eigenvalue weighted by Gasteiger charge is -2.18. The molecular formula is C13H14F3N5O2. The monoisotopic (exact) mass is 329 g/mol. The lowest BCUT2D eigenvalue weighted by molar-refractivity contribution is -0.140. The molecule has 0 N–H and O–H groups in total. The van der Waals surface area contributed by atoms with Crippen LogP contribution < -0.4 is 4.90 Å². The largest absolute Gasteiger partial charge is 0.446 e. The van der Waals surface area contributed by atoms with Crippen molar-refractivity contribution in [1.82, 2.24) is 19.7 Å². The second-order valence-corrected chi connectivity index (χ2v) is 4.89. The summed E-state index contributed by atoms with van der Waals surface area (Å²) in [5.41, 5.74) is -1.40. The summed E-state index contributed by atoms with van der Waals surface area (Å²) in [5.74, 6) is 0. The van der Waals surface area contributed by atoms with E-state index in [1.165, 1.54) is 25.8 Å². The van der Waals surface area contributed by atoms with E-state index in [0.29, 0.717) is 0 Å². The molecule has 2 rings (SSSR count). The highest BCUT2D eigenvalue weighted by atomic mass is 19.4. The summed E-state index contributed by atoms with van der Waals surface area (Å²) in [6.45, 7) is 3.20. The van der Waals surface area contributed by atoms with Gasteiger partial charge >= 0.3 is 12.3 Å². The summed E-state index contributed by atoms with van der Waals surface area (Å²) in [5, 5.41) is 3.50. The van der Waals surface area contributed by atoms with Crippen molar-refractivity contribution < 1.29 is 22.7 Å². The minimum absolute atomic E-state index is 0.231. The average molecular weight is 329 g/mol. The van der Waals surface area contributed by atoms with Gasteiger partial charge in [-0.05, 0) is 13.8 Å². The van der Waals surface area contributed by atoms with E-state index in [9.17, 15) is 18.0 Å². The van der Waals surface area contributed by atoms with Crippen LogP contribution in [0.2, 0.25) is 0 Å². The van der Waals surface area contributed by atoms with Crippen LogP contribution in [-0.4, -0.2) is 39.0 Å². The van der Waals surface area contributed by atoms with Crippen LogP contribution in [0.5, 0.6) is 0 Å². The number of nitrogens with zero attached hydrogens (tertiary/aromatic N) is 5. The van der Waals surface area contributed by atoms with Crippen LogP contribution in [0.4, 0.5) is 23.7 Å². The minimum atomic E-state index is -4.73. The molecule has 1 amide bonds. The molecule has 23 heavy (non-hydrogen) atoms. The number of anilines is 1. The van der Waals surface area contributed by atoms with Gasteiger partial charge in [0.2, 0.25) is 0 Å². The van der Waals surface area contributed by atoms with Crippen molar-refractivity contribution in [1.29, 1.82) is 0 Å². The Bertz CT molecular complexity index is 685. The molecule has 0 spiro atoms. The Morgan fingerprint density at radius 2 is 1.91 bits per heavy atom. The third kappa shape index (κ3) is 3.76. The molecule has 0 radical (unpaired) electrons. The highest BCUT2D eigenvalue weighted by molar-refractivity contribution is 5.87. The van der Waals surface area contributed by atoms with Crippen LogP contribution in [0.25, 0.3) is 5.69 Å². The lowest BCUT2D eigenvalue weighted by Crippen LogP contribution is -2.30. The number of alkyl halides is 3. The quantitative estimate of drug-likeness (QED) is 0.865. The topological polar surface area (TPSA) is 73.1 Å². The molecule has 0 saturated carbocycles. The second kappa shape index (κ2) is 6.23. The first-order valence-corrected chi connectivity index (χ1v) is 6.56. The van der Waals surface area contributed by atoms with Gasteiger partial charge in [0.25, 0.3) is 0 Å². The average Bonchev–Trinajstić information content (AvgIpc) is 2.92. The fourth-order valence-corrected chi connectivity index (χ4v) is 1.73. The van der Waals surface area contributed by atoms with Crippen molar-refractivity contribution in [3.63, 3.8) is 0 Å².